The van der Waals surface area contributed by atoms with E-state index in [0.29, 0.717) is 16.3 Å². The largest absolute Gasteiger partial charge is 0.388 e. The van der Waals surface area contributed by atoms with Gasteiger partial charge in [-0.05, 0) is 62.3 Å². The van der Waals surface area contributed by atoms with Crippen LogP contribution in [-0.2, 0) is 4.89 Å². The second-order valence-electron chi connectivity index (χ2n) is 6.18. The third-order valence-corrected chi connectivity index (χ3v) is 5.19. The van der Waals surface area contributed by atoms with Gasteiger partial charge in [0, 0.05) is 18.5 Å². The van der Waals surface area contributed by atoms with Gasteiger partial charge in [0.25, 0.3) is 0 Å². The van der Waals surface area contributed by atoms with Crippen LogP contribution in [0.4, 0.5) is 5.69 Å². The number of carbonyl (C=O) groups excluding carboxylic acids is 1. The van der Waals surface area contributed by atoms with Gasteiger partial charge in [0.1, 0.15) is 0 Å². The van der Waals surface area contributed by atoms with Crippen LogP contribution in [0.3, 0.4) is 0 Å². The van der Waals surface area contributed by atoms with Crippen molar-refractivity contribution in [2.75, 3.05) is 13.1 Å². The summed E-state index contributed by atoms with van der Waals surface area (Å²) < 4.78 is 4.03. The number of nitrogens with zero attached hydrogens (tertiary/aromatic N) is 3. The first-order chi connectivity index (χ1) is 12.5. The number of piperidine rings is 1. The third-order valence-electron chi connectivity index (χ3n) is 4.18. The third kappa shape index (κ3) is 4.53. The quantitative estimate of drug-likeness (QED) is 0.318. The van der Waals surface area contributed by atoms with Crippen molar-refractivity contribution < 1.29 is 14.6 Å². The molecule has 0 N–H and O–H groups in total. The van der Waals surface area contributed by atoms with Crippen LogP contribution < -0.4 is 4.89 Å². The summed E-state index contributed by atoms with van der Waals surface area (Å²) in [6, 6.07) is 3.41. The van der Waals surface area contributed by atoms with Crippen molar-refractivity contribution in [2.45, 2.75) is 33.1 Å². The lowest BCUT2D eigenvalue weighted by atomic mass is 10.1. The van der Waals surface area contributed by atoms with E-state index in [2.05, 4.69) is 14.3 Å². The Morgan fingerprint density at radius 1 is 1.31 bits per heavy atom. The van der Waals surface area contributed by atoms with Crippen LogP contribution in [0.15, 0.2) is 22.5 Å². The minimum atomic E-state index is -0.600. The van der Waals surface area contributed by atoms with Gasteiger partial charge in [0.05, 0.1) is 28.3 Å². The lowest BCUT2D eigenvalue weighted by Gasteiger charge is -2.23. The van der Waals surface area contributed by atoms with E-state index in [-0.39, 0.29) is 5.75 Å². The van der Waals surface area contributed by atoms with Crippen LogP contribution in [0.1, 0.15) is 40.9 Å². The van der Waals surface area contributed by atoms with E-state index in [0.717, 1.165) is 24.3 Å². The molecule has 6 nitrogen and oxygen atoms in total. The summed E-state index contributed by atoms with van der Waals surface area (Å²) in [5.41, 5.74) is 2.62. The lowest BCUT2D eigenvalue weighted by molar-refractivity contribution is -0.149. The number of aryl methyl sites for hydroxylation is 2. The number of rotatable bonds is 5. The zero-order valence-corrected chi connectivity index (χ0v) is 16.3. The number of aromatic nitrogens is 1. The normalized spacial score (nSPS) is 14.7. The Balaban J connectivity index is 1.66. The number of aliphatic imine (C=N–C) groups is 1. The number of halogens is 1. The Hall–Kier alpha value is -2.12. The molecule has 8 heteroatoms. The van der Waals surface area contributed by atoms with Crippen LogP contribution >= 0.6 is 23.1 Å². The molecule has 0 unspecified atom stereocenters. The number of hydrogen-bond acceptors (Lipinski definition) is 6. The molecule has 1 saturated heterocycles. The lowest BCUT2D eigenvalue weighted by Crippen LogP contribution is -2.28. The fourth-order valence-corrected chi connectivity index (χ4v) is 3.51. The second kappa shape index (κ2) is 8.51. The fourth-order valence-electron chi connectivity index (χ4n) is 2.64. The highest BCUT2D eigenvalue weighted by Gasteiger charge is 2.16. The summed E-state index contributed by atoms with van der Waals surface area (Å²) in [6.07, 6.45) is 5.54. The highest BCUT2D eigenvalue weighted by atomic mass is 35.5. The Bertz CT molecular complexity index is 816. The minimum absolute atomic E-state index is 0.273. The number of carbonyl (C=O) groups is 1. The van der Waals surface area contributed by atoms with Gasteiger partial charge in [0.2, 0.25) is 0 Å². The molecule has 0 bridgehead atoms. The van der Waals surface area contributed by atoms with Crippen LogP contribution in [0.25, 0.3) is 0 Å². The van der Waals surface area contributed by atoms with Gasteiger partial charge in [-0.2, -0.15) is 4.37 Å². The van der Waals surface area contributed by atoms with E-state index in [9.17, 15) is 4.79 Å². The standard InChI is InChI=1S/C18H20ClN3O3S/c1-12-8-17(24-25-18(23)14-10-26-21-13(14)2)15(19)9-16(12)20-11-22-6-4-3-5-7-22/h8-11H,3-7H2,1-2H3/b20-11+. The fraction of sp³-hybridized carbons (Fsp3) is 0.389. The van der Waals surface area contributed by atoms with Crippen molar-refractivity contribution in [1.29, 1.82) is 0 Å². The van der Waals surface area contributed by atoms with E-state index >= 15 is 0 Å². The molecule has 1 aromatic carbocycles. The molecular formula is C18H20ClN3O3S. The average Bonchev–Trinajstić information content (AvgIpc) is 3.07. The smallest absolute Gasteiger partial charge is 0.363 e. The van der Waals surface area contributed by atoms with Crippen LogP contribution in [0, 0.1) is 13.8 Å². The summed E-state index contributed by atoms with van der Waals surface area (Å²) in [5, 5.41) is 1.95. The molecule has 1 aromatic heterocycles. The van der Waals surface area contributed by atoms with Crippen molar-refractivity contribution >= 4 is 41.1 Å². The highest BCUT2D eigenvalue weighted by molar-refractivity contribution is 7.03. The summed E-state index contributed by atoms with van der Waals surface area (Å²) in [7, 11) is 0. The molecule has 2 aromatic rings. The van der Waals surface area contributed by atoms with E-state index < -0.39 is 5.97 Å². The predicted molar refractivity (Wildman–Crippen MR) is 103 cm³/mol. The molecular weight excluding hydrogens is 374 g/mol. The van der Waals surface area contributed by atoms with Gasteiger partial charge < -0.3 is 4.90 Å². The zero-order valence-electron chi connectivity index (χ0n) is 14.7. The van der Waals surface area contributed by atoms with Crippen molar-refractivity contribution in [1.82, 2.24) is 9.27 Å². The summed E-state index contributed by atoms with van der Waals surface area (Å²) in [6.45, 7) is 5.70. The Morgan fingerprint density at radius 2 is 2.08 bits per heavy atom. The van der Waals surface area contributed by atoms with E-state index in [4.69, 9.17) is 21.4 Å². The van der Waals surface area contributed by atoms with Crippen molar-refractivity contribution in [3.8, 4) is 5.75 Å². The van der Waals surface area contributed by atoms with Crippen molar-refractivity contribution in [3.63, 3.8) is 0 Å². The van der Waals surface area contributed by atoms with Gasteiger partial charge in [-0.15, -0.1) is 0 Å². The second-order valence-corrected chi connectivity index (χ2v) is 7.21. The van der Waals surface area contributed by atoms with Gasteiger partial charge in [-0.1, -0.05) is 11.6 Å². The van der Waals surface area contributed by atoms with Crippen LogP contribution in [-0.4, -0.2) is 34.7 Å². The molecule has 2 heterocycles. The van der Waals surface area contributed by atoms with Crippen LogP contribution in [0.2, 0.25) is 5.02 Å². The molecule has 3 rings (SSSR count). The first kappa shape index (κ1) is 18.7. The molecule has 0 amide bonds. The molecule has 1 aliphatic rings. The molecule has 0 saturated carbocycles. The van der Waals surface area contributed by atoms with Crippen molar-refractivity contribution in [2.24, 2.45) is 4.99 Å². The Labute approximate surface area is 161 Å². The number of likely N-dealkylation sites (tertiary alicyclic amines) is 1. The van der Waals surface area contributed by atoms with E-state index in [1.54, 1.807) is 24.4 Å². The molecule has 1 aliphatic heterocycles. The molecule has 138 valence electrons. The van der Waals surface area contributed by atoms with Gasteiger partial charge >= 0.3 is 5.97 Å². The minimum Gasteiger partial charge on any atom is -0.363 e. The number of hydrogen-bond donors (Lipinski definition) is 0. The maximum Gasteiger partial charge on any atom is 0.388 e. The summed E-state index contributed by atoms with van der Waals surface area (Å²) in [4.78, 5) is 28.7. The maximum atomic E-state index is 12.0. The summed E-state index contributed by atoms with van der Waals surface area (Å²) in [5.74, 6) is -0.326. The Morgan fingerprint density at radius 3 is 2.77 bits per heavy atom. The van der Waals surface area contributed by atoms with Gasteiger partial charge in [-0.3, -0.25) is 4.89 Å². The first-order valence-corrected chi connectivity index (χ1v) is 9.64. The Kier molecular flexibility index (Phi) is 6.11. The van der Waals surface area contributed by atoms with E-state index in [1.807, 2.05) is 13.3 Å². The highest BCUT2D eigenvalue weighted by Crippen LogP contribution is 2.32. The summed E-state index contributed by atoms with van der Waals surface area (Å²) >= 11 is 7.44. The van der Waals surface area contributed by atoms with Gasteiger partial charge in [0.15, 0.2) is 5.75 Å². The molecule has 0 aliphatic carbocycles. The average molecular weight is 394 g/mol. The SMILES string of the molecule is Cc1cc(OOC(=O)c2csnc2C)c(Cl)cc1/N=C/N1CCCCC1. The molecule has 26 heavy (non-hydrogen) atoms. The molecule has 0 spiro atoms. The monoisotopic (exact) mass is 393 g/mol. The molecule has 0 atom stereocenters. The first-order valence-electron chi connectivity index (χ1n) is 8.43. The van der Waals surface area contributed by atoms with E-state index in [1.165, 1.54) is 30.8 Å². The molecule has 1 fully saturated rings. The molecule has 0 radical (unpaired) electrons. The van der Waals surface area contributed by atoms with Crippen LogP contribution in [0.5, 0.6) is 5.75 Å². The maximum absolute atomic E-state index is 12.0. The zero-order chi connectivity index (χ0) is 18.5. The van der Waals surface area contributed by atoms with Crippen molar-refractivity contribution in [3.05, 3.63) is 39.4 Å². The topological polar surface area (TPSA) is 64.0 Å². The van der Waals surface area contributed by atoms with Gasteiger partial charge in [-0.25, -0.2) is 14.7 Å². The predicted octanol–water partition coefficient (Wildman–Crippen LogP) is 4.71. The number of benzene rings is 1.